The van der Waals surface area contributed by atoms with Crippen LogP contribution in [0.15, 0.2) is 57.2 Å². The first-order chi connectivity index (χ1) is 15.8. The van der Waals surface area contributed by atoms with Crippen molar-refractivity contribution in [2.45, 2.75) is 39.7 Å². The molecule has 0 radical (unpaired) electrons. The Hall–Kier alpha value is -2.84. The highest BCUT2D eigenvalue weighted by Gasteiger charge is 2.39. The van der Waals surface area contributed by atoms with Crippen LogP contribution in [0.1, 0.15) is 18.4 Å². The van der Waals surface area contributed by atoms with Gasteiger partial charge in [-0.1, -0.05) is 0 Å². The average Bonchev–Trinajstić information content (AvgIpc) is 2.78. The number of alkyl halides is 3. The number of nitrogens with one attached hydrogen (secondary N) is 1. The highest BCUT2D eigenvalue weighted by molar-refractivity contribution is 7.91. The van der Waals surface area contributed by atoms with Gasteiger partial charge in [0.2, 0.25) is 19.9 Å². The lowest BCUT2D eigenvalue weighted by molar-refractivity contribution is -0.139. The van der Waals surface area contributed by atoms with E-state index in [9.17, 15) is 34.8 Å². The Morgan fingerprint density at radius 3 is 2.09 bits per heavy atom. The van der Waals surface area contributed by atoms with Crippen molar-refractivity contribution in [3.05, 3.63) is 48.0 Å². The third-order valence-electron chi connectivity index (χ3n) is 5.32. The number of hydrogen-bond donors (Lipinski definition) is 2. The van der Waals surface area contributed by atoms with E-state index in [4.69, 9.17) is 9.84 Å². The van der Waals surface area contributed by atoms with Crippen LogP contribution >= 0.6 is 0 Å². The molecule has 1 saturated heterocycles. The second-order valence-corrected chi connectivity index (χ2v) is 11.1. The largest absolute Gasteiger partial charge is 0.497 e. The molecule has 3 rings (SSSR count). The molecule has 0 aromatic heterocycles. The number of benzene rings is 2. The van der Waals surface area contributed by atoms with Gasteiger partial charge in [-0.15, -0.1) is 0 Å². The number of nitrogens with zero attached hydrogens (tertiary/aromatic N) is 1. The van der Waals surface area contributed by atoms with Crippen LogP contribution in [0.4, 0.5) is 18.0 Å². The molecule has 0 spiro atoms. The average molecular weight is 523 g/mol. The summed E-state index contributed by atoms with van der Waals surface area (Å²) in [7, 11) is -7.78. The molecule has 9 nitrogen and oxygen atoms in total. The van der Waals surface area contributed by atoms with Crippen molar-refractivity contribution >= 4 is 26.0 Å². The Morgan fingerprint density at radius 1 is 1.03 bits per heavy atom. The van der Waals surface area contributed by atoms with Crippen LogP contribution in [-0.4, -0.2) is 59.2 Å². The number of rotatable bonds is 6. The summed E-state index contributed by atoms with van der Waals surface area (Å²) in [5.41, 5.74) is -1.52. The number of carboxylic acid groups (broad SMARTS) is 1. The van der Waals surface area contributed by atoms with E-state index in [1.807, 2.05) is 0 Å². The molecule has 14 heteroatoms. The van der Waals surface area contributed by atoms with Gasteiger partial charge in [0.25, 0.3) is 0 Å². The van der Waals surface area contributed by atoms with E-state index < -0.39 is 53.5 Å². The zero-order chi connectivity index (χ0) is 25.3. The third kappa shape index (κ3) is 5.45. The summed E-state index contributed by atoms with van der Waals surface area (Å²) >= 11 is 0. The lowest BCUT2D eigenvalue weighted by atomic mass is 10.1. The second-order valence-electron chi connectivity index (χ2n) is 7.50. The van der Waals surface area contributed by atoms with Crippen molar-refractivity contribution in [3.63, 3.8) is 0 Å². The topological polar surface area (TPSA) is 130 Å². The first-order valence-corrected chi connectivity index (χ1v) is 12.8. The Morgan fingerprint density at radius 2 is 1.59 bits per heavy atom. The zero-order valence-corrected chi connectivity index (χ0v) is 19.4. The van der Waals surface area contributed by atoms with E-state index in [0.29, 0.717) is 23.9 Å². The Labute approximate surface area is 194 Å². The van der Waals surface area contributed by atoms with Gasteiger partial charge in [-0.05, 0) is 55.3 Å². The standard InChI is InChI=1S/C20H21F3N2O7S2/c1-32-14-2-4-15(5-3-14)33(28,29)16-6-7-17(20(21,22)23)18(12-16)34(30,31)24-13-8-10-25(11-9-13)19(26)27/h2-7,12-13,24H,8-11H2,1H3,(H,26,27). The minimum atomic E-state index is -5.07. The van der Waals surface area contributed by atoms with Crippen LogP contribution in [0, 0.1) is 0 Å². The fraction of sp³-hybridized carbons (Fsp3) is 0.350. The molecule has 0 unspecified atom stereocenters. The van der Waals surface area contributed by atoms with Crippen molar-refractivity contribution < 1.29 is 44.6 Å². The van der Waals surface area contributed by atoms with E-state index in [1.165, 1.54) is 31.4 Å². The summed E-state index contributed by atoms with van der Waals surface area (Å²) in [5.74, 6) is 0.354. The first kappa shape index (κ1) is 25.8. The summed E-state index contributed by atoms with van der Waals surface area (Å²) < 4.78 is 99.7. The highest BCUT2D eigenvalue weighted by atomic mass is 32.2. The number of ether oxygens (including phenoxy) is 1. The van der Waals surface area contributed by atoms with Crippen molar-refractivity contribution in [3.8, 4) is 5.75 Å². The van der Waals surface area contributed by atoms with Gasteiger partial charge in [-0.25, -0.2) is 26.4 Å². The molecule has 1 aliphatic heterocycles. The molecule has 0 aliphatic carbocycles. The minimum absolute atomic E-state index is 0.000532. The van der Waals surface area contributed by atoms with Crippen molar-refractivity contribution in [2.24, 2.45) is 0 Å². The normalized spacial score (nSPS) is 15.8. The van der Waals surface area contributed by atoms with E-state index in [0.717, 1.165) is 4.90 Å². The van der Waals surface area contributed by atoms with Gasteiger partial charge in [-0.2, -0.15) is 13.2 Å². The van der Waals surface area contributed by atoms with Crippen LogP contribution in [0.25, 0.3) is 0 Å². The molecule has 1 amide bonds. The molecule has 2 N–H and O–H groups in total. The summed E-state index contributed by atoms with van der Waals surface area (Å²) in [6.07, 6.45) is -6.15. The lowest BCUT2D eigenvalue weighted by Crippen LogP contribution is -2.46. The highest BCUT2D eigenvalue weighted by Crippen LogP contribution is 2.36. The predicted molar refractivity (Wildman–Crippen MR) is 113 cm³/mol. The maximum Gasteiger partial charge on any atom is 0.417 e. The van der Waals surface area contributed by atoms with Crippen LogP contribution < -0.4 is 9.46 Å². The fourth-order valence-electron chi connectivity index (χ4n) is 3.49. The molecule has 34 heavy (non-hydrogen) atoms. The van der Waals surface area contributed by atoms with E-state index in [2.05, 4.69) is 4.72 Å². The molecule has 1 aliphatic rings. The number of sulfonamides is 1. The van der Waals surface area contributed by atoms with Crippen LogP contribution in [0.5, 0.6) is 5.75 Å². The molecule has 2 aromatic carbocycles. The number of sulfone groups is 1. The van der Waals surface area contributed by atoms with Crippen molar-refractivity contribution in [1.82, 2.24) is 9.62 Å². The molecule has 1 fully saturated rings. The van der Waals surface area contributed by atoms with Crippen LogP contribution in [0.2, 0.25) is 0 Å². The summed E-state index contributed by atoms with van der Waals surface area (Å²) in [6.45, 7) is 0.00106. The van der Waals surface area contributed by atoms with Crippen LogP contribution in [-0.2, 0) is 26.0 Å². The van der Waals surface area contributed by atoms with Crippen molar-refractivity contribution in [1.29, 1.82) is 0 Å². The number of likely N-dealkylation sites (tertiary alicyclic amines) is 1. The molecule has 186 valence electrons. The first-order valence-electron chi connectivity index (χ1n) is 9.86. The minimum Gasteiger partial charge on any atom is -0.497 e. The molecule has 0 atom stereocenters. The summed E-state index contributed by atoms with van der Waals surface area (Å²) in [4.78, 5) is 9.95. The lowest BCUT2D eigenvalue weighted by Gasteiger charge is -2.30. The van der Waals surface area contributed by atoms with Gasteiger partial charge >= 0.3 is 12.3 Å². The van der Waals surface area contributed by atoms with Crippen LogP contribution in [0.3, 0.4) is 0 Å². The molecule has 0 bridgehead atoms. The monoisotopic (exact) mass is 522 g/mol. The maximum absolute atomic E-state index is 13.6. The number of halogens is 3. The smallest absolute Gasteiger partial charge is 0.417 e. The number of amides is 1. The van der Waals surface area contributed by atoms with E-state index in [1.54, 1.807) is 0 Å². The molecule has 2 aromatic rings. The molecule has 1 heterocycles. The van der Waals surface area contributed by atoms with Gasteiger partial charge in [-0.3, -0.25) is 0 Å². The SMILES string of the molecule is COc1ccc(S(=O)(=O)c2ccc(C(F)(F)F)c(S(=O)(=O)NC3CCN(C(=O)O)CC3)c2)cc1. The number of carbonyl (C=O) groups is 1. The quantitative estimate of drug-likeness (QED) is 0.597. The number of piperidine rings is 1. The maximum atomic E-state index is 13.6. The van der Waals surface area contributed by atoms with Gasteiger partial charge in [0.1, 0.15) is 5.75 Å². The Balaban J connectivity index is 1.99. The molecule has 0 saturated carbocycles. The third-order valence-corrected chi connectivity index (χ3v) is 8.64. The van der Waals surface area contributed by atoms with E-state index in [-0.39, 0.29) is 30.8 Å². The summed E-state index contributed by atoms with van der Waals surface area (Å²) in [5, 5.41) is 8.99. The van der Waals surface area contributed by atoms with Crippen molar-refractivity contribution in [2.75, 3.05) is 20.2 Å². The van der Waals surface area contributed by atoms with Gasteiger partial charge in [0, 0.05) is 19.1 Å². The number of hydrogen-bond acceptors (Lipinski definition) is 6. The van der Waals surface area contributed by atoms with Gasteiger partial charge in [0.05, 0.1) is 27.4 Å². The molecular weight excluding hydrogens is 501 g/mol. The Bertz CT molecular complexity index is 1270. The molecular formula is C20H21F3N2O7S2. The van der Waals surface area contributed by atoms with Gasteiger partial charge < -0.3 is 14.7 Å². The predicted octanol–water partition coefficient (Wildman–Crippen LogP) is 2.97. The van der Waals surface area contributed by atoms with Gasteiger partial charge in [0.15, 0.2) is 0 Å². The zero-order valence-electron chi connectivity index (χ0n) is 17.7. The number of methoxy groups -OCH3 is 1. The fourth-order valence-corrected chi connectivity index (χ4v) is 6.41. The Kier molecular flexibility index (Phi) is 7.15. The van der Waals surface area contributed by atoms with E-state index >= 15 is 0 Å². The summed E-state index contributed by atoms with van der Waals surface area (Å²) in [6, 6.07) is 5.85. The second kappa shape index (κ2) is 9.43.